The second kappa shape index (κ2) is 8.55. The van der Waals surface area contributed by atoms with Crippen LogP contribution in [0.3, 0.4) is 0 Å². The standard InChI is InChI=1S/C27H25N5/c1-31(2)24-14-12-22(13-15-24)26-17-30-27-18-29-25(19-32(26)27)21-10-8-20(9-11-21)16-28-23-6-4-3-5-7-23/h3-15,17-19,28H,16H2,1-2H3. The minimum absolute atomic E-state index is 0.783. The Kier molecular flexibility index (Phi) is 5.30. The van der Waals surface area contributed by atoms with Crippen LogP contribution in [0.1, 0.15) is 5.56 Å². The average Bonchev–Trinajstić information content (AvgIpc) is 3.27. The fraction of sp³-hybridized carbons (Fsp3) is 0.111. The van der Waals surface area contributed by atoms with Crippen LogP contribution in [-0.4, -0.2) is 28.5 Å². The lowest BCUT2D eigenvalue weighted by Crippen LogP contribution is -2.07. The van der Waals surface area contributed by atoms with Gasteiger partial charge in [0.1, 0.15) is 0 Å². The van der Waals surface area contributed by atoms with Gasteiger partial charge in [-0.15, -0.1) is 0 Å². The summed E-state index contributed by atoms with van der Waals surface area (Å²) in [5.41, 5.74) is 8.54. The predicted molar refractivity (Wildman–Crippen MR) is 132 cm³/mol. The molecule has 0 atom stereocenters. The molecule has 0 unspecified atom stereocenters. The molecule has 2 aromatic heterocycles. The van der Waals surface area contributed by atoms with Crippen molar-refractivity contribution in [1.82, 2.24) is 14.4 Å². The Balaban J connectivity index is 1.39. The van der Waals surface area contributed by atoms with E-state index in [1.807, 2.05) is 44.7 Å². The molecular weight excluding hydrogens is 394 g/mol. The van der Waals surface area contributed by atoms with Gasteiger partial charge in [-0.1, -0.05) is 54.6 Å². The van der Waals surface area contributed by atoms with E-state index < -0.39 is 0 Å². The number of benzene rings is 3. The zero-order valence-corrected chi connectivity index (χ0v) is 18.2. The van der Waals surface area contributed by atoms with E-state index >= 15 is 0 Å². The summed E-state index contributed by atoms with van der Waals surface area (Å²) in [7, 11) is 4.09. The van der Waals surface area contributed by atoms with Crippen LogP contribution in [0.15, 0.2) is 97.5 Å². The molecule has 0 aliphatic carbocycles. The van der Waals surface area contributed by atoms with E-state index in [1.54, 1.807) is 0 Å². The summed E-state index contributed by atoms with van der Waals surface area (Å²) in [6.45, 7) is 0.783. The number of hydrogen-bond donors (Lipinski definition) is 1. The fourth-order valence-corrected chi connectivity index (χ4v) is 3.74. The molecule has 0 saturated heterocycles. The van der Waals surface area contributed by atoms with Gasteiger partial charge in [-0.2, -0.15) is 0 Å². The van der Waals surface area contributed by atoms with Crippen molar-refractivity contribution in [1.29, 1.82) is 0 Å². The molecule has 3 aromatic carbocycles. The number of imidazole rings is 1. The fourth-order valence-electron chi connectivity index (χ4n) is 3.74. The van der Waals surface area contributed by atoms with Gasteiger partial charge in [0.15, 0.2) is 5.65 Å². The lowest BCUT2D eigenvalue weighted by atomic mass is 10.1. The summed E-state index contributed by atoms with van der Waals surface area (Å²) >= 11 is 0. The van der Waals surface area contributed by atoms with Crippen LogP contribution in [0, 0.1) is 0 Å². The maximum atomic E-state index is 4.64. The van der Waals surface area contributed by atoms with Gasteiger partial charge in [-0.25, -0.2) is 4.98 Å². The van der Waals surface area contributed by atoms with Crippen molar-refractivity contribution < 1.29 is 0 Å². The number of para-hydroxylation sites is 1. The van der Waals surface area contributed by atoms with Gasteiger partial charge < -0.3 is 10.2 Å². The van der Waals surface area contributed by atoms with Gasteiger partial charge in [0.25, 0.3) is 0 Å². The van der Waals surface area contributed by atoms with E-state index in [2.05, 4.69) is 91.4 Å². The zero-order chi connectivity index (χ0) is 21.9. The molecule has 5 rings (SSSR count). The van der Waals surface area contributed by atoms with Gasteiger partial charge in [0.2, 0.25) is 0 Å². The highest BCUT2D eigenvalue weighted by molar-refractivity contribution is 5.68. The Labute approximate surface area is 188 Å². The van der Waals surface area contributed by atoms with Gasteiger partial charge in [-0.3, -0.25) is 9.38 Å². The van der Waals surface area contributed by atoms with Crippen LogP contribution in [0.2, 0.25) is 0 Å². The lowest BCUT2D eigenvalue weighted by molar-refractivity contribution is 1.12. The van der Waals surface area contributed by atoms with Crippen molar-refractivity contribution in [3.05, 3.63) is 103 Å². The van der Waals surface area contributed by atoms with Crippen LogP contribution in [0.4, 0.5) is 11.4 Å². The molecule has 0 aliphatic rings. The molecule has 1 N–H and O–H groups in total. The van der Waals surface area contributed by atoms with Gasteiger partial charge in [0.05, 0.1) is 23.8 Å². The molecule has 5 heteroatoms. The third-order valence-corrected chi connectivity index (χ3v) is 5.60. The number of aromatic nitrogens is 3. The van der Waals surface area contributed by atoms with E-state index in [0.29, 0.717) is 0 Å². The Hall–Kier alpha value is -4.12. The highest BCUT2D eigenvalue weighted by atomic mass is 15.1. The molecule has 0 fully saturated rings. The Morgan fingerprint density at radius 1 is 0.781 bits per heavy atom. The smallest absolute Gasteiger partial charge is 0.155 e. The van der Waals surface area contributed by atoms with Crippen LogP contribution in [-0.2, 0) is 6.54 Å². The van der Waals surface area contributed by atoms with Crippen molar-refractivity contribution in [2.24, 2.45) is 0 Å². The number of hydrogen-bond acceptors (Lipinski definition) is 4. The maximum absolute atomic E-state index is 4.64. The molecule has 5 nitrogen and oxygen atoms in total. The summed E-state index contributed by atoms with van der Waals surface area (Å²) in [6.07, 6.45) is 5.80. The molecule has 0 saturated carbocycles. The van der Waals surface area contributed by atoms with Gasteiger partial charge >= 0.3 is 0 Å². The third kappa shape index (κ3) is 4.05. The lowest BCUT2D eigenvalue weighted by Gasteiger charge is -2.12. The predicted octanol–water partition coefficient (Wildman–Crippen LogP) is 5.74. The van der Waals surface area contributed by atoms with Crippen molar-refractivity contribution in [3.8, 4) is 22.5 Å². The number of nitrogens with one attached hydrogen (secondary N) is 1. The number of anilines is 2. The highest BCUT2D eigenvalue weighted by Crippen LogP contribution is 2.25. The first-order valence-corrected chi connectivity index (χ1v) is 10.7. The van der Waals surface area contributed by atoms with Gasteiger partial charge in [-0.05, 0) is 29.8 Å². The number of fused-ring (bicyclic) bond motifs is 1. The van der Waals surface area contributed by atoms with Crippen molar-refractivity contribution in [3.63, 3.8) is 0 Å². The molecule has 0 amide bonds. The van der Waals surface area contributed by atoms with Crippen molar-refractivity contribution in [2.75, 3.05) is 24.3 Å². The maximum Gasteiger partial charge on any atom is 0.155 e. The first kappa shape index (κ1) is 19.8. The Morgan fingerprint density at radius 3 is 2.22 bits per heavy atom. The minimum Gasteiger partial charge on any atom is -0.381 e. The summed E-state index contributed by atoms with van der Waals surface area (Å²) in [5.74, 6) is 0. The third-order valence-electron chi connectivity index (χ3n) is 5.60. The second-order valence-corrected chi connectivity index (χ2v) is 8.00. The summed E-state index contributed by atoms with van der Waals surface area (Å²) in [5, 5.41) is 3.45. The molecule has 2 heterocycles. The van der Waals surface area contributed by atoms with Crippen LogP contribution in [0.25, 0.3) is 28.2 Å². The number of rotatable bonds is 6. The highest BCUT2D eigenvalue weighted by Gasteiger charge is 2.09. The zero-order valence-electron chi connectivity index (χ0n) is 18.2. The monoisotopic (exact) mass is 419 g/mol. The molecule has 5 aromatic rings. The van der Waals surface area contributed by atoms with E-state index in [1.165, 1.54) is 11.3 Å². The number of nitrogens with zero attached hydrogens (tertiary/aromatic N) is 4. The van der Waals surface area contributed by atoms with Gasteiger partial charge in [0, 0.05) is 49.3 Å². The Bertz CT molecular complexity index is 1320. The van der Waals surface area contributed by atoms with Crippen molar-refractivity contribution in [2.45, 2.75) is 6.54 Å². The normalized spacial score (nSPS) is 10.9. The average molecular weight is 420 g/mol. The summed E-state index contributed by atoms with van der Waals surface area (Å²) in [4.78, 5) is 11.3. The van der Waals surface area contributed by atoms with E-state index in [9.17, 15) is 0 Å². The molecule has 32 heavy (non-hydrogen) atoms. The van der Waals surface area contributed by atoms with Crippen LogP contribution in [0.5, 0.6) is 0 Å². The topological polar surface area (TPSA) is 45.5 Å². The van der Waals surface area contributed by atoms with E-state index in [0.717, 1.165) is 40.4 Å². The largest absolute Gasteiger partial charge is 0.381 e. The van der Waals surface area contributed by atoms with Crippen LogP contribution < -0.4 is 10.2 Å². The molecule has 0 bridgehead atoms. The summed E-state index contributed by atoms with van der Waals surface area (Å²) < 4.78 is 2.11. The van der Waals surface area contributed by atoms with Crippen LogP contribution >= 0.6 is 0 Å². The van der Waals surface area contributed by atoms with E-state index in [-0.39, 0.29) is 0 Å². The first-order valence-electron chi connectivity index (χ1n) is 10.7. The SMILES string of the molecule is CN(C)c1ccc(-c2cnc3cnc(-c4ccc(CNc5ccccc5)cc4)cn23)cc1. The summed E-state index contributed by atoms with van der Waals surface area (Å²) in [6, 6.07) is 27.3. The molecule has 158 valence electrons. The first-order chi connectivity index (χ1) is 15.7. The second-order valence-electron chi connectivity index (χ2n) is 8.00. The molecule has 0 spiro atoms. The quantitative estimate of drug-likeness (QED) is 0.381. The van der Waals surface area contributed by atoms with E-state index in [4.69, 9.17) is 0 Å². The molecular formula is C27H25N5. The Morgan fingerprint density at radius 2 is 1.50 bits per heavy atom. The molecule has 0 aliphatic heterocycles. The molecule has 0 radical (unpaired) electrons. The van der Waals surface area contributed by atoms with Crippen molar-refractivity contribution >= 4 is 17.0 Å². The minimum atomic E-state index is 0.783.